The quantitative estimate of drug-likeness (QED) is 0.255. The van der Waals surface area contributed by atoms with Gasteiger partial charge in [0, 0.05) is 47.7 Å². The van der Waals surface area contributed by atoms with E-state index in [9.17, 15) is 27.6 Å². The summed E-state index contributed by atoms with van der Waals surface area (Å²) in [6.07, 6.45) is 3.98. The third-order valence-corrected chi connectivity index (χ3v) is 4.34. The lowest BCUT2D eigenvalue weighted by Gasteiger charge is -2.06. The van der Waals surface area contributed by atoms with Crippen molar-refractivity contribution in [2.24, 2.45) is 0 Å². The van der Waals surface area contributed by atoms with Gasteiger partial charge in [-0.1, -0.05) is 0 Å². The second kappa shape index (κ2) is 11.5. The van der Waals surface area contributed by atoms with Crippen LogP contribution in [0.15, 0.2) is 84.0 Å². The predicted molar refractivity (Wildman–Crippen MR) is 114 cm³/mol. The Morgan fingerprint density at radius 3 is 1.76 bits per heavy atom. The molecule has 0 aliphatic carbocycles. The van der Waals surface area contributed by atoms with Crippen molar-refractivity contribution in [2.75, 3.05) is 0 Å². The first-order valence-corrected chi connectivity index (χ1v) is 9.81. The van der Waals surface area contributed by atoms with Crippen molar-refractivity contribution in [1.82, 2.24) is 4.98 Å². The zero-order valence-corrected chi connectivity index (χ0v) is 17.5. The highest BCUT2D eigenvalue weighted by atomic mass is 19.1. The molecule has 2 aromatic carbocycles. The molecule has 34 heavy (non-hydrogen) atoms. The van der Waals surface area contributed by atoms with Crippen LogP contribution in [-0.4, -0.2) is 4.98 Å². The fourth-order valence-electron chi connectivity index (χ4n) is 2.61. The van der Waals surface area contributed by atoms with Gasteiger partial charge in [-0.25, -0.2) is 17.6 Å². The average Bonchev–Trinajstić information content (AvgIpc) is 2.80. The first-order chi connectivity index (χ1) is 16.3. The number of aromatic amines is 1. The Hall–Kier alpha value is -4.34. The summed E-state index contributed by atoms with van der Waals surface area (Å²) in [7, 11) is 0. The number of pyridine rings is 2. The molecular weight excluding hydrogens is 456 g/mol. The zero-order valence-electron chi connectivity index (χ0n) is 17.5. The molecule has 10 heteroatoms. The zero-order chi connectivity index (χ0) is 24.5. The van der Waals surface area contributed by atoms with E-state index in [1.807, 2.05) is 0 Å². The Morgan fingerprint density at radius 2 is 1.26 bits per heavy atom. The molecule has 4 rings (SSSR count). The van der Waals surface area contributed by atoms with Crippen molar-refractivity contribution in [1.29, 1.82) is 0 Å². The number of halogens is 4. The van der Waals surface area contributed by atoms with E-state index in [2.05, 4.69) is 4.98 Å². The molecule has 2 aromatic heterocycles. The fraction of sp³-hybridized carbons (Fsp3) is 0.0833. The summed E-state index contributed by atoms with van der Waals surface area (Å²) in [5, 5.41) is 10.7. The van der Waals surface area contributed by atoms with Crippen LogP contribution in [0.5, 0.6) is 11.5 Å². The summed E-state index contributed by atoms with van der Waals surface area (Å²) in [6, 6.07) is 12.3. The molecule has 0 bridgehead atoms. The number of nitrogens with zero attached hydrogens (tertiary/aromatic N) is 1. The molecule has 6 nitrogen and oxygen atoms in total. The van der Waals surface area contributed by atoms with Gasteiger partial charge in [-0.15, -0.1) is 0 Å². The summed E-state index contributed by atoms with van der Waals surface area (Å²) in [4.78, 5) is 13.4. The molecule has 4 aromatic rings. The first kappa shape index (κ1) is 24.3. The number of benzene rings is 2. The normalized spacial score (nSPS) is 10.2. The molecule has 2 heterocycles. The summed E-state index contributed by atoms with van der Waals surface area (Å²) >= 11 is 0. The van der Waals surface area contributed by atoms with Crippen molar-refractivity contribution < 1.29 is 31.8 Å². The monoisotopic (exact) mass is 474 g/mol. The van der Waals surface area contributed by atoms with E-state index in [-0.39, 0.29) is 29.9 Å². The Bertz CT molecular complexity index is 1300. The van der Waals surface area contributed by atoms with E-state index in [1.165, 1.54) is 55.0 Å². The van der Waals surface area contributed by atoms with Crippen LogP contribution < -0.4 is 19.8 Å². The lowest BCUT2D eigenvalue weighted by atomic mass is 10.2. The van der Waals surface area contributed by atoms with Crippen molar-refractivity contribution in [3.8, 4) is 11.5 Å². The van der Waals surface area contributed by atoms with Crippen LogP contribution in [0, 0.1) is 28.5 Å². The van der Waals surface area contributed by atoms with Crippen LogP contribution >= 0.6 is 0 Å². The van der Waals surface area contributed by atoms with Gasteiger partial charge in [0.05, 0.1) is 0 Å². The lowest BCUT2D eigenvalue weighted by Crippen LogP contribution is -2.23. The van der Waals surface area contributed by atoms with Gasteiger partial charge in [0.15, 0.2) is 12.4 Å². The second-order valence-electron chi connectivity index (χ2n) is 6.83. The third kappa shape index (κ3) is 7.37. The summed E-state index contributed by atoms with van der Waals surface area (Å²) in [5.41, 5.74) is 0.180. The van der Waals surface area contributed by atoms with Crippen LogP contribution in [0.2, 0.25) is 0 Å². The van der Waals surface area contributed by atoms with Crippen LogP contribution in [0.1, 0.15) is 11.1 Å². The average molecular weight is 474 g/mol. The molecule has 176 valence electrons. The highest BCUT2D eigenvalue weighted by molar-refractivity contribution is 5.22. The highest BCUT2D eigenvalue weighted by Gasteiger charge is 2.06. The first-order valence-electron chi connectivity index (χ1n) is 9.81. The van der Waals surface area contributed by atoms with E-state index in [0.717, 1.165) is 18.2 Å². The fourth-order valence-corrected chi connectivity index (χ4v) is 2.61. The molecule has 0 unspecified atom stereocenters. The molecule has 1 N–H and O–H groups in total. The lowest BCUT2D eigenvalue weighted by molar-refractivity contribution is -0.605. The number of ether oxygens (including phenoxy) is 2. The molecule has 0 aliphatic rings. The number of H-pyrrole nitrogens is 1. The third-order valence-electron chi connectivity index (χ3n) is 4.34. The molecule has 0 radical (unpaired) electrons. The van der Waals surface area contributed by atoms with Crippen molar-refractivity contribution in [2.45, 2.75) is 13.2 Å². The maximum Gasteiger partial charge on any atom is 0.251 e. The van der Waals surface area contributed by atoms with Gasteiger partial charge in [-0.3, -0.25) is 4.79 Å². The van der Waals surface area contributed by atoms with Gasteiger partial charge < -0.3 is 19.7 Å². The Balaban J connectivity index is 0.000000191. The molecular formula is C24H18F4N2O4. The largest absolute Gasteiger partial charge is 0.619 e. The minimum absolute atomic E-state index is 0.0189. The highest BCUT2D eigenvalue weighted by Crippen LogP contribution is 2.15. The van der Waals surface area contributed by atoms with Crippen LogP contribution in [0.25, 0.3) is 0 Å². The van der Waals surface area contributed by atoms with Gasteiger partial charge in [-0.2, -0.15) is 4.73 Å². The topological polar surface area (TPSA) is 78.3 Å². The van der Waals surface area contributed by atoms with Crippen LogP contribution in [0.4, 0.5) is 17.6 Å². The van der Waals surface area contributed by atoms with Gasteiger partial charge in [0.2, 0.25) is 0 Å². The Labute approximate surface area is 191 Å². The molecule has 0 aliphatic heterocycles. The molecule has 0 saturated heterocycles. The van der Waals surface area contributed by atoms with E-state index in [1.54, 1.807) is 6.07 Å². The van der Waals surface area contributed by atoms with E-state index >= 15 is 0 Å². The summed E-state index contributed by atoms with van der Waals surface area (Å²) in [6.45, 7) is -0.0788. The number of hydrogen-bond donors (Lipinski definition) is 1. The molecule has 0 fully saturated rings. The molecule has 0 atom stereocenters. The van der Waals surface area contributed by atoms with E-state index in [0.29, 0.717) is 16.2 Å². The summed E-state index contributed by atoms with van der Waals surface area (Å²) < 4.78 is 62.8. The van der Waals surface area contributed by atoms with Crippen molar-refractivity contribution in [3.05, 3.63) is 129 Å². The Kier molecular flexibility index (Phi) is 8.22. The van der Waals surface area contributed by atoms with Crippen molar-refractivity contribution >= 4 is 0 Å². The number of aromatic nitrogens is 2. The predicted octanol–water partition coefficient (Wildman–Crippen LogP) is 4.41. The van der Waals surface area contributed by atoms with Crippen LogP contribution in [0.3, 0.4) is 0 Å². The van der Waals surface area contributed by atoms with E-state index in [4.69, 9.17) is 9.47 Å². The van der Waals surface area contributed by atoms with Gasteiger partial charge in [0.1, 0.15) is 48.0 Å². The second-order valence-corrected chi connectivity index (χ2v) is 6.83. The number of hydrogen-bond acceptors (Lipinski definition) is 4. The number of rotatable bonds is 6. The van der Waals surface area contributed by atoms with Crippen LogP contribution in [-0.2, 0) is 13.2 Å². The maximum atomic E-state index is 13.2. The molecule has 0 spiro atoms. The van der Waals surface area contributed by atoms with Gasteiger partial charge in [-0.05, 0) is 30.3 Å². The smallest absolute Gasteiger partial charge is 0.251 e. The standard InChI is InChI=1S/2C12H9F2NO2/c13-10-2-1-9(12(14)7-10)8-17-11-3-5-15(16)6-4-11;13-9-2-1-8(11(14)5-9)7-17-10-3-4-15-12(16)6-10/h1-7H,8H2;1-6H,7H2,(H,15,16). The maximum absolute atomic E-state index is 13.2. The van der Waals surface area contributed by atoms with E-state index < -0.39 is 23.3 Å². The minimum Gasteiger partial charge on any atom is -0.619 e. The van der Waals surface area contributed by atoms with Crippen molar-refractivity contribution in [3.63, 3.8) is 0 Å². The number of nitrogens with one attached hydrogen (secondary N) is 1. The Morgan fingerprint density at radius 1 is 0.735 bits per heavy atom. The SMILES string of the molecule is O=c1cc(OCc2ccc(F)cc2F)cc[nH]1.[O-][n+]1ccc(OCc2ccc(F)cc2F)cc1. The molecule has 0 saturated carbocycles. The molecule has 0 amide bonds. The summed E-state index contributed by atoms with van der Waals surface area (Å²) in [5.74, 6) is -1.81. The van der Waals surface area contributed by atoms with Gasteiger partial charge >= 0.3 is 0 Å². The minimum atomic E-state index is -0.671. The van der Waals surface area contributed by atoms with Gasteiger partial charge in [0.25, 0.3) is 5.56 Å².